The van der Waals surface area contributed by atoms with Crippen LogP contribution >= 0.6 is 11.3 Å². The number of anilines is 2. The molecular formula is C17H26N2OS. The van der Waals surface area contributed by atoms with Crippen LogP contribution in [0.3, 0.4) is 0 Å². The molecule has 0 aromatic carbocycles. The molecule has 0 bridgehead atoms. The number of ketones is 1. The predicted molar refractivity (Wildman–Crippen MR) is 90.6 cm³/mol. The van der Waals surface area contributed by atoms with Gasteiger partial charge >= 0.3 is 0 Å². The van der Waals surface area contributed by atoms with Gasteiger partial charge in [-0.1, -0.05) is 19.8 Å². The fourth-order valence-electron chi connectivity index (χ4n) is 3.53. The maximum atomic E-state index is 12.1. The number of Topliss-reactive ketones (excluding diaryl/α,β-unsaturated/α-hetero) is 1. The molecule has 0 radical (unpaired) electrons. The van der Waals surface area contributed by atoms with Crippen LogP contribution in [0.15, 0.2) is 0 Å². The van der Waals surface area contributed by atoms with E-state index in [1.807, 2.05) is 6.92 Å². The van der Waals surface area contributed by atoms with Crippen LogP contribution in [0, 0.1) is 5.92 Å². The van der Waals surface area contributed by atoms with E-state index in [1.54, 1.807) is 11.3 Å². The van der Waals surface area contributed by atoms with E-state index in [0.29, 0.717) is 12.3 Å². The lowest BCUT2D eigenvalue weighted by Crippen LogP contribution is -2.24. The second-order valence-electron chi connectivity index (χ2n) is 6.65. The molecule has 1 heterocycles. The summed E-state index contributed by atoms with van der Waals surface area (Å²) < 4.78 is 0. The molecule has 1 aromatic rings. The molecule has 2 aliphatic rings. The number of rotatable bonds is 6. The van der Waals surface area contributed by atoms with Gasteiger partial charge in [0.15, 0.2) is 5.78 Å². The summed E-state index contributed by atoms with van der Waals surface area (Å²) in [6.45, 7) is 3.03. The smallest absolute Gasteiger partial charge is 0.174 e. The van der Waals surface area contributed by atoms with E-state index >= 15 is 0 Å². The molecule has 0 atom stereocenters. The van der Waals surface area contributed by atoms with Gasteiger partial charge in [-0.05, 0) is 37.5 Å². The summed E-state index contributed by atoms with van der Waals surface area (Å²) in [6, 6.07) is 0. The van der Waals surface area contributed by atoms with E-state index in [-0.39, 0.29) is 5.78 Å². The van der Waals surface area contributed by atoms with Gasteiger partial charge in [0.2, 0.25) is 0 Å². The molecule has 2 N–H and O–H groups in total. The third-order valence-electron chi connectivity index (χ3n) is 4.88. The van der Waals surface area contributed by atoms with Crippen LogP contribution in [0.2, 0.25) is 0 Å². The molecule has 3 nitrogen and oxygen atoms in total. The number of nitrogens with zero attached hydrogens (tertiary/aromatic N) is 1. The summed E-state index contributed by atoms with van der Waals surface area (Å²) >= 11 is 1.63. The van der Waals surface area contributed by atoms with Gasteiger partial charge in [0.1, 0.15) is 0 Å². The Labute approximate surface area is 131 Å². The number of carbonyl (C=O) groups is 1. The van der Waals surface area contributed by atoms with E-state index in [9.17, 15) is 4.79 Å². The molecule has 21 heavy (non-hydrogen) atoms. The zero-order chi connectivity index (χ0) is 15.0. The van der Waals surface area contributed by atoms with Crippen LogP contribution in [0.1, 0.15) is 73.0 Å². The summed E-state index contributed by atoms with van der Waals surface area (Å²) in [7, 11) is 2.18. The van der Waals surface area contributed by atoms with Crippen LogP contribution in [-0.2, 0) is 0 Å². The highest BCUT2D eigenvalue weighted by Gasteiger charge is 2.34. The van der Waals surface area contributed by atoms with Crippen molar-refractivity contribution in [3.05, 3.63) is 10.4 Å². The van der Waals surface area contributed by atoms with Crippen molar-refractivity contribution in [2.24, 2.45) is 5.92 Å². The number of nitrogen functional groups attached to an aromatic ring is 1. The minimum Gasteiger partial charge on any atom is -0.397 e. The highest BCUT2D eigenvalue weighted by molar-refractivity contribution is 7.18. The molecule has 2 aliphatic carbocycles. The summed E-state index contributed by atoms with van der Waals surface area (Å²) in [4.78, 5) is 15.3. The van der Waals surface area contributed by atoms with Crippen molar-refractivity contribution in [3.8, 4) is 0 Å². The van der Waals surface area contributed by atoms with E-state index in [1.165, 1.54) is 49.1 Å². The molecule has 4 heteroatoms. The highest BCUT2D eigenvalue weighted by Crippen LogP contribution is 2.52. The van der Waals surface area contributed by atoms with Crippen molar-refractivity contribution >= 4 is 27.8 Å². The maximum Gasteiger partial charge on any atom is 0.174 e. The number of hydrogen-bond acceptors (Lipinski definition) is 4. The third kappa shape index (κ3) is 2.96. The number of carbonyl (C=O) groups excluding carboxylic acids is 1. The number of nitrogens with two attached hydrogens (primary N) is 1. The van der Waals surface area contributed by atoms with Gasteiger partial charge in [-0.15, -0.1) is 11.3 Å². The zero-order valence-corrected chi connectivity index (χ0v) is 14.0. The average Bonchev–Trinajstić information content (AvgIpc) is 3.06. The first-order chi connectivity index (χ1) is 10.1. The summed E-state index contributed by atoms with van der Waals surface area (Å²) in [5.74, 6) is 1.61. The standard InChI is InChI=1S/C17H26N2OS/c1-3-13(20)16-15(18)14(12-8-9-12)17(21-16)19(2)10-11-6-4-5-7-11/h11-12H,3-10,18H2,1-2H3. The van der Waals surface area contributed by atoms with Crippen LogP contribution in [0.25, 0.3) is 0 Å². The predicted octanol–water partition coefficient (Wildman–Crippen LogP) is 4.43. The van der Waals surface area contributed by atoms with Crippen molar-refractivity contribution in [1.82, 2.24) is 0 Å². The van der Waals surface area contributed by atoms with Crippen molar-refractivity contribution in [1.29, 1.82) is 0 Å². The Morgan fingerprint density at radius 3 is 2.52 bits per heavy atom. The van der Waals surface area contributed by atoms with Crippen LogP contribution in [0.5, 0.6) is 0 Å². The Bertz CT molecular complexity index is 527. The molecule has 2 saturated carbocycles. The van der Waals surface area contributed by atoms with Gasteiger partial charge in [-0.2, -0.15) is 0 Å². The number of thiophene rings is 1. The second-order valence-corrected chi connectivity index (χ2v) is 7.64. The highest BCUT2D eigenvalue weighted by atomic mass is 32.1. The SMILES string of the molecule is CCC(=O)c1sc(N(C)CC2CCCC2)c(C2CC2)c1N. The Balaban J connectivity index is 1.86. The summed E-state index contributed by atoms with van der Waals surface area (Å²) in [5.41, 5.74) is 8.39. The number of hydrogen-bond donors (Lipinski definition) is 1. The fourth-order valence-corrected chi connectivity index (χ4v) is 4.81. The quantitative estimate of drug-likeness (QED) is 0.791. The van der Waals surface area contributed by atoms with E-state index < -0.39 is 0 Å². The average molecular weight is 306 g/mol. The Hall–Kier alpha value is -1.03. The van der Waals surface area contributed by atoms with Crippen LogP contribution in [0.4, 0.5) is 10.7 Å². The zero-order valence-electron chi connectivity index (χ0n) is 13.2. The molecule has 2 fully saturated rings. The minimum atomic E-state index is 0.194. The molecule has 116 valence electrons. The lowest BCUT2D eigenvalue weighted by atomic mass is 10.1. The lowest BCUT2D eigenvalue weighted by molar-refractivity contribution is 0.0993. The monoisotopic (exact) mass is 306 g/mol. The van der Waals surface area contributed by atoms with E-state index in [2.05, 4.69) is 11.9 Å². The van der Waals surface area contributed by atoms with Gasteiger partial charge in [-0.25, -0.2) is 0 Å². The van der Waals surface area contributed by atoms with Crippen molar-refractivity contribution in [2.45, 2.75) is 57.8 Å². The van der Waals surface area contributed by atoms with Crippen molar-refractivity contribution in [3.63, 3.8) is 0 Å². The fraction of sp³-hybridized carbons (Fsp3) is 0.706. The molecule has 0 unspecified atom stereocenters. The largest absolute Gasteiger partial charge is 0.397 e. The maximum absolute atomic E-state index is 12.1. The van der Waals surface area contributed by atoms with Crippen LogP contribution < -0.4 is 10.6 Å². The van der Waals surface area contributed by atoms with Crippen molar-refractivity contribution in [2.75, 3.05) is 24.2 Å². The van der Waals surface area contributed by atoms with Crippen molar-refractivity contribution < 1.29 is 4.79 Å². The van der Waals surface area contributed by atoms with Gasteiger partial charge in [0, 0.05) is 25.6 Å². The molecule has 3 rings (SSSR count). The van der Waals surface area contributed by atoms with Gasteiger partial charge in [0.05, 0.1) is 15.6 Å². The first kappa shape index (κ1) is 14.9. The molecular weight excluding hydrogens is 280 g/mol. The normalized spacial score (nSPS) is 19.1. The molecule has 0 amide bonds. The van der Waals surface area contributed by atoms with Gasteiger partial charge in [-0.3, -0.25) is 4.79 Å². The molecule has 0 spiro atoms. The molecule has 1 aromatic heterocycles. The third-order valence-corrected chi connectivity index (χ3v) is 6.25. The Morgan fingerprint density at radius 1 is 1.29 bits per heavy atom. The Kier molecular flexibility index (Phi) is 4.25. The van der Waals surface area contributed by atoms with Gasteiger partial charge in [0.25, 0.3) is 0 Å². The van der Waals surface area contributed by atoms with Crippen LogP contribution in [-0.4, -0.2) is 19.4 Å². The molecule has 0 aliphatic heterocycles. The summed E-state index contributed by atoms with van der Waals surface area (Å²) in [6.07, 6.45) is 8.45. The summed E-state index contributed by atoms with van der Waals surface area (Å²) in [5, 5.41) is 1.26. The van der Waals surface area contributed by atoms with E-state index in [4.69, 9.17) is 5.73 Å². The first-order valence-corrected chi connectivity index (χ1v) is 9.10. The van der Waals surface area contributed by atoms with Gasteiger partial charge < -0.3 is 10.6 Å². The minimum absolute atomic E-state index is 0.194. The van der Waals surface area contributed by atoms with E-state index in [0.717, 1.165) is 23.0 Å². The molecule has 0 saturated heterocycles. The second kappa shape index (κ2) is 5.99. The topological polar surface area (TPSA) is 46.3 Å². The first-order valence-electron chi connectivity index (χ1n) is 8.28. The Morgan fingerprint density at radius 2 is 1.95 bits per heavy atom. The lowest BCUT2D eigenvalue weighted by Gasteiger charge is -2.23.